The molecule has 7 heteroatoms. The quantitative estimate of drug-likeness (QED) is 0.815. The smallest absolute Gasteiger partial charge is 0.243 e. The van der Waals surface area contributed by atoms with E-state index >= 15 is 0 Å². The fraction of sp³-hybridized carbons (Fsp3) is 0.167. The van der Waals surface area contributed by atoms with Crippen molar-refractivity contribution in [2.75, 3.05) is 12.3 Å². The molecule has 2 rings (SSSR count). The molecule has 0 saturated carbocycles. The summed E-state index contributed by atoms with van der Waals surface area (Å²) >= 11 is 0. The summed E-state index contributed by atoms with van der Waals surface area (Å²) in [5.41, 5.74) is 5.64. The highest BCUT2D eigenvalue weighted by Crippen LogP contribution is 2.17. The van der Waals surface area contributed by atoms with Crippen molar-refractivity contribution in [3.63, 3.8) is 0 Å². The number of nitrogen functional groups attached to an aromatic ring is 1. The van der Waals surface area contributed by atoms with Gasteiger partial charge in [0.1, 0.15) is 16.5 Å². The molecule has 0 spiro atoms. The van der Waals surface area contributed by atoms with Gasteiger partial charge < -0.3 is 10.2 Å². The zero-order chi connectivity index (χ0) is 13.9. The van der Waals surface area contributed by atoms with Crippen LogP contribution >= 0.6 is 0 Å². The minimum atomic E-state index is -3.91. The summed E-state index contributed by atoms with van der Waals surface area (Å²) in [7, 11) is -3.91. The number of furan rings is 1. The van der Waals surface area contributed by atoms with Crippen LogP contribution in [0.5, 0.6) is 0 Å². The first-order valence-electron chi connectivity index (χ1n) is 5.56. The molecule has 5 nitrogen and oxygen atoms in total. The topological polar surface area (TPSA) is 85.3 Å². The standard InChI is InChI=1S/C12H13FN2O3S/c13-11-4-3-9(14)8-12(11)19(16,17)15-6-5-10-2-1-7-18-10/h1-4,7-8,15H,5-6,14H2. The maximum atomic E-state index is 13.5. The molecule has 0 aliphatic rings. The molecule has 0 bridgehead atoms. The summed E-state index contributed by atoms with van der Waals surface area (Å²) in [6, 6.07) is 6.86. The Balaban J connectivity index is 2.07. The summed E-state index contributed by atoms with van der Waals surface area (Å²) in [6.45, 7) is 0.115. The third kappa shape index (κ3) is 3.33. The van der Waals surface area contributed by atoms with Crippen molar-refractivity contribution >= 4 is 15.7 Å². The van der Waals surface area contributed by atoms with Crippen LogP contribution in [0.1, 0.15) is 5.76 Å². The van der Waals surface area contributed by atoms with E-state index in [0.29, 0.717) is 12.2 Å². The molecule has 1 heterocycles. The lowest BCUT2D eigenvalue weighted by atomic mass is 10.3. The lowest BCUT2D eigenvalue weighted by molar-refractivity contribution is 0.505. The third-order valence-corrected chi connectivity index (χ3v) is 3.96. The Morgan fingerprint density at radius 3 is 2.79 bits per heavy atom. The molecule has 0 saturated heterocycles. The molecule has 0 fully saturated rings. The molecule has 0 aliphatic carbocycles. The summed E-state index contributed by atoms with van der Waals surface area (Å²) in [4.78, 5) is -0.452. The van der Waals surface area contributed by atoms with Gasteiger partial charge in [-0.1, -0.05) is 0 Å². The van der Waals surface area contributed by atoms with Crippen molar-refractivity contribution in [1.29, 1.82) is 0 Å². The van der Waals surface area contributed by atoms with Crippen molar-refractivity contribution in [1.82, 2.24) is 4.72 Å². The molecular formula is C12H13FN2O3S. The molecular weight excluding hydrogens is 271 g/mol. The van der Waals surface area contributed by atoms with Crippen LogP contribution in [0.25, 0.3) is 0 Å². The van der Waals surface area contributed by atoms with E-state index in [1.807, 2.05) is 0 Å². The van der Waals surface area contributed by atoms with Gasteiger partial charge in [-0.15, -0.1) is 0 Å². The predicted molar refractivity (Wildman–Crippen MR) is 68.4 cm³/mol. The van der Waals surface area contributed by atoms with Gasteiger partial charge in [-0.05, 0) is 30.3 Å². The summed E-state index contributed by atoms with van der Waals surface area (Å²) < 4.78 is 44.6. The normalized spacial score (nSPS) is 11.6. The van der Waals surface area contributed by atoms with E-state index in [0.717, 1.165) is 12.1 Å². The van der Waals surface area contributed by atoms with E-state index in [-0.39, 0.29) is 12.2 Å². The van der Waals surface area contributed by atoms with E-state index in [9.17, 15) is 12.8 Å². The molecule has 102 valence electrons. The van der Waals surface area contributed by atoms with Gasteiger partial charge in [0.2, 0.25) is 10.0 Å². The minimum absolute atomic E-state index is 0.115. The molecule has 19 heavy (non-hydrogen) atoms. The molecule has 0 amide bonds. The largest absolute Gasteiger partial charge is 0.469 e. The summed E-state index contributed by atoms with van der Waals surface area (Å²) in [5.74, 6) is -0.185. The number of hydrogen-bond donors (Lipinski definition) is 2. The number of sulfonamides is 1. The van der Waals surface area contributed by atoms with Crippen molar-refractivity contribution < 1.29 is 17.2 Å². The van der Waals surface area contributed by atoms with Crippen molar-refractivity contribution in [2.24, 2.45) is 0 Å². The first-order chi connectivity index (χ1) is 8.99. The van der Waals surface area contributed by atoms with Crippen LogP contribution < -0.4 is 10.5 Å². The maximum absolute atomic E-state index is 13.5. The fourth-order valence-corrected chi connectivity index (χ4v) is 2.71. The maximum Gasteiger partial charge on any atom is 0.243 e. The Morgan fingerprint density at radius 1 is 1.32 bits per heavy atom. The minimum Gasteiger partial charge on any atom is -0.469 e. The zero-order valence-electron chi connectivity index (χ0n) is 9.97. The van der Waals surface area contributed by atoms with Gasteiger partial charge in [-0.2, -0.15) is 0 Å². The molecule has 1 aromatic heterocycles. The van der Waals surface area contributed by atoms with E-state index in [2.05, 4.69) is 4.72 Å². The van der Waals surface area contributed by atoms with Crippen molar-refractivity contribution in [3.05, 3.63) is 48.2 Å². The highest BCUT2D eigenvalue weighted by molar-refractivity contribution is 7.89. The fourth-order valence-electron chi connectivity index (χ4n) is 1.57. The average Bonchev–Trinajstić information content (AvgIpc) is 2.85. The number of nitrogens with one attached hydrogen (secondary N) is 1. The third-order valence-electron chi connectivity index (χ3n) is 2.49. The van der Waals surface area contributed by atoms with Crippen LogP contribution in [-0.2, 0) is 16.4 Å². The summed E-state index contributed by atoms with van der Waals surface area (Å²) in [6.07, 6.45) is 1.89. The Bertz CT molecular complexity index is 654. The van der Waals surface area contributed by atoms with E-state index < -0.39 is 20.7 Å². The van der Waals surface area contributed by atoms with E-state index in [1.165, 1.54) is 12.3 Å². The molecule has 1 aromatic carbocycles. The van der Waals surface area contributed by atoms with E-state index in [1.54, 1.807) is 12.1 Å². The van der Waals surface area contributed by atoms with Crippen LogP contribution in [-0.4, -0.2) is 15.0 Å². The number of benzene rings is 1. The molecule has 0 atom stereocenters. The number of anilines is 1. The predicted octanol–water partition coefficient (Wildman–Crippen LogP) is 1.52. The second-order valence-corrected chi connectivity index (χ2v) is 5.65. The van der Waals surface area contributed by atoms with Crippen LogP contribution in [0.2, 0.25) is 0 Å². The van der Waals surface area contributed by atoms with Gasteiger partial charge in [0.15, 0.2) is 0 Å². The van der Waals surface area contributed by atoms with Gasteiger partial charge in [0, 0.05) is 18.7 Å². The van der Waals surface area contributed by atoms with Gasteiger partial charge in [-0.3, -0.25) is 0 Å². The number of nitrogens with two attached hydrogens (primary N) is 1. The molecule has 3 N–H and O–H groups in total. The van der Waals surface area contributed by atoms with Crippen LogP contribution in [0.4, 0.5) is 10.1 Å². The lowest BCUT2D eigenvalue weighted by Gasteiger charge is -2.07. The molecule has 0 aliphatic heterocycles. The second kappa shape index (κ2) is 5.41. The van der Waals surface area contributed by atoms with Gasteiger partial charge in [-0.25, -0.2) is 17.5 Å². The van der Waals surface area contributed by atoms with Crippen LogP contribution in [0.3, 0.4) is 0 Å². The highest BCUT2D eigenvalue weighted by Gasteiger charge is 2.18. The Kier molecular flexibility index (Phi) is 3.87. The average molecular weight is 284 g/mol. The Labute approximate surface area is 110 Å². The van der Waals surface area contributed by atoms with E-state index in [4.69, 9.17) is 10.2 Å². The molecule has 0 unspecified atom stereocenters. The monoisotopic (exact) mass is 284 g/mol. The number of hydrogen-bond acceptors (Lipinski definition) is 4. The summed E-state index contributed by atoms with van der Waals surface area (Å²) in [5, 5.41) is 0. The Hall–Kier alpha value is -1.86. The second-order valence-electron chi connectivity index (χ2n) is 3.92. The van der Waals surface area contributed by atoms with Gasteiger partial charge in [0.05, 0.1) is 6.26 Å². The van der Waals surface area contributed by atoms with Gasteiger partial charge in [0.25, 0.3) is 0 Å². The lowest BCUT2D eigenvalue weighted by Crippen LogP contribution is -2.26. The van der Waals surface area contributed by atoms with Crippen molar-refractivity contribution in [3.8, 4) is 0 Å². The first-order valence-corrected chi connectivity index (χ1v) is 7.04. The van der Waals surface area contributed by atoms with Crippen LogP contribution in [0, 0.1) is 5.82 Å². The number of rotatable bonds is 5. The molecule has 0 radical (unpaired) electrons. The SMILES string of the molecule is Nc1ccc(F)c(S(=O)(=O)NCCc2ccco2)c1. The highest BCUT2D eigenvalue weighted by atomic mass is 32.2. The van der Waals surface area contributed by atoms with Crippen molar-refractivity contribution in [2.45, 2.75) is 11.3 Å². The van der Waals surface area contributed by atoms with Crippen LogP contribution in [0.15, 0.2) is 45.9 Å². The zero-order valence-corrected chi connectivity index (χ0v) is 10.8. The molecule has 2 aromatic rings. The Morgan fingerprint density at radius 2 is 2.11 bits per heavy atom. The number of halogens is 1. The van der Waals surface area contributed by atoms with Gasteiger partial charge >= 0.3 is 0 Å². The first kappa shape index (κ1) is 13.6.